The Kier molecular flexibility index (Phi) is 5.60. The van der Waals surface area contributed by atoms with Crippen LogP contribution in [0.2, 0.25) is 0 Å². The number of rotatable bonds is 4. The van der Waals surface area contributed by atoms with Gasteiger partial charge >= 0.3 is 6.03 Å². The molecule has 0 aliphatic carbocycles. The molecule has 2 amide bonds. The van der Waals surface area contributed by atoms with Gasteiger partial charge in [-0.05, 0) is 40.8 Å². The van der Waals surface area contributed by atoms with Crippen molar-refractivity contribution >= 4 is 17.4 Å². The van der Waals surface area contributed by atoms with Crippen LogP contribution in [-0.4, -0.2) is 6.03 Å². The van der Waals surface area contributed by atoms with Crippen LogP contribution in [0.15, 0.2) is 84.9 Å². The minimum atomic E-state index is -0.145. The maximum Gasteiger partial charge on any atom is 0.326 e. The Morgan fingerprint density at radius 3 is 1.93 bits per heavy atom. The van der Waals surface area contributed by atoms with Gasteiger partial charge in [0, 0.05) is 11.4 Å². The third kappa shape index (κ3) is 4.98. The number of amides is 2. The maximum absolute atomic E-state index is 13.0. The lowest BCUT2D eigenvalue weighted by atomic mass is 9.87. The molecule has 0 aromatic heterocycles. The van der Waals surface area contributed by atoms with Gasteiger partial charge in [-0.1, -0.05) is 81.4 Å². The Morgan fingerprint density at radius 1 is 0.815 bits per heavy atom. The molecular formula is C24H26N2O. The first-order chi connectivity index (χ1) is 12.9. The highest BCUT2D eigenvalue weighted by molar-refractivity contribution is 6.01. The van der Waals surface area contributed by atoms with Crippen LogP contribution in [0, 0.1) is 0 Å². The summed E-state index contributed by atoms with van der Waals surface area (Å²) < 4.78 is 0. The van der Waals surface area contributed by atoms with Crippen molar-refractivity contribution in [3.8, 4) is 0 Å². The number of carbonyl (C=O) groups excluding carboxylic acids is 1. The number of nitrogens with zero attached hydrogens (tertiary/aromatic N) is 1. The van der Waals surface area contributed by atoms with Crippen molar-refractivity contribution in [3.05, 3.63) is 96.1 Å². The van der Waals surface area contributed by atoms with Crippen LogP contribution >= 0.6 is 0 Å². The van der Waals surface area contributed by atoms with E-state index in [4.69, 9.17) is 0 Å². The summed E-state index contributed by atoms with van der Waals surface area (Å²) in [7, 11) is 0. The number of hydrogen-bond donors (Lipinski definition) is 1. The second-order valence-corrected chi connectivity index (χ2v) is 7.66. The lowest BCUT2D eigenvalue weighted by Gasteiger charge is -2.24. The molecule has 0 radical (unpaired) electrons. The second kappa shape index (κ2) is 8.09. The number of benzene rings is 3. The smallest absolute Gasteiger partial charge is 0.308 e. The average molecular weight is 358 g/mol. The SMILES string of the molecule is CC(C)(C)c1ccc(NC(=O)N(Cc2ccccc2)c2ccccc2)cc1. The van der Waals surface area contributed by atoms with E-state index in [9.17, 15) is 4.79 Å². The molecule has 0 spiro atoms. The molecule has 0 aliphatic rings. The molecule has 0 saturated heterocycles. The van der Waals surface area contributed by atoms with Crippen LogP contribution in [0.4, 0.5) is 16.2 Å². The van der Waals surface area contributed by atoms with Crippen molar-refractivity contribution in [1.82, 2.24) is 0 Å². The van der Waals surface area contributed by atoms with E-state index in [2.05, 4.69) is 38.2 Å². The Hall–Kier alpha value is -3.07. The van der Waals surface area contributed by atoms with Gasteiger partial charge in [0.15, 0.2) is 0 Å². The largest absolute Gasteiger partial charge is 0.326 e. The first-order valence-electron chi connectivity index (χ1n) is 9.21. The monoisotopic (exact) mass is 358 g/mol. The molecule has 0 aliphatic heterocycles. The number of anilines is 2. The number of para-hydroxylation sites is 1. The van der Waals surface area contributed by atoms with Crippen molar-refractivity contribution in [2.24, 2.45) is 0 Å². The summed E-state index contributed by atoms with van der Waals surface area (Å²) in [5.74, 6) is 0. The highest BCUT2D eigenvalue weighted by Gasteiger charge is 2.17. The predicted molar refractivity (Wildman–Crippen MR) is 113 cm³/mol. The van der Waals surface area contributed by atoms with Crippen LogP contribution in [0.1, 0.15) is 31.9 Å². The van der Waals surface area contributed by atoms with Crippen LogP contribution in [0.25, 0.3) is 0 Å². The molecular weight excluding hydrogens is 332 g/mol. The van der Waals surface area contributed by atoms with Crippen molar-refractivity contribution in [2.45, 2.75) is 32.7 Å². The molecule has 0 unspecified atom stereocenters. The third-order valence-corrected chi connectivity index (χ3v) is 4.50. The summed E-state index contributed by atoms with van der Waals surface area (Å²) in [6.45, 7) is 7.05. The van der Waals surface area contributed by atoms with Gasteiger partial charge in [0.05, 0.1) is 6.54 Å². The van der Waals surface area contributed by atoms with Gasteiger partial charge in [-0.2, -0.15) is 0 Å². The van der Waals surface area contributed by atoms with E-state index in [-0.39, 0.29) is 11.4 Å². The molecule has 0 bridgehead atoms. The van der Waals surface area contributed by atoms with E-state index in [1.165, 1.54) is 5.56 Å². The molecule has 0 saturated carbocycles. The zero-order valence-corrected chi connectivity index (χ0v) is 16.1. The van der Waals surface area contributed by atoms with Crippen LogP contribution in [0.5, 0.6) is 0 Å². The summed E-state index contributed by atoms with van der Waals surface area (Å²) in [4.78, 5) is 14.8. The quantitative estimate of drug-likeness (QED) is 0.590. The van der Waals surface area contributed by atoms with E-state index >= 15 is 0 Å². The van der Waals surface area contributed by atoms with Crippen LogP contribution < -0.4 is 10.2 Å². The van der Waals surface area contributed by atoms with Crippen molar-refractivity contribution < 1.29 is 4.79 Å². The lowest BCUT2D eigenvalue weighted by Crippen LogP contribution is -2.34. The van der Waals surface area contributed by atoms with Gasteiger partial charge in [0.25, 0.3) is 0 Å². The molecule has 3 rings (SSSR count). The third-order valence-electron chi connectivity index (χ3n) is 4.50. The predicted octanol–water partition coefficient (Wildman–Crippen LogP) is 6.22. The molecule has 3 nitrogen and oxygen atoms in total. The van der Waals surface area contributed by atoms with Gasteiger partial charge in [-0.3, -0.25) is 4.90 Å². The van der Waals surface area contributed by atoms with Crippen molar-refractivity contribution in [3.63, 3.8) is 0 Å². The fourth-order valence-electron chi connectivity index (χ4n) is 2.90. The van der Waals surface area contributed by atoms with Gasteiger partial charge in [-0.15, -0.1) is 0 Å². The van der Waals surface area contributed by atoms with Crippen LogP contribution in [-0.2, 0) is 12.0 Å². The van der Waals surface area contributed by atoms with E-state index in [0.29, 0.717) is 6.54 Å². The lowest BCUT2D eigenvalue weighted by molar-refractivity contribution is 0.256. The summed E-state index contributed by atoms with van der Waals surface area (Å²) in [6, 6.07) is 27.7. The normalized spacial score (nSPS) is 11.1. The van der Waals surface area contributed by atoms with Gasteiger partial charge in [0.1, 0.15) is 0 Å². The first-order valence-corrected chi connectivity index (χ1v) is 9.21. The molecule has 3 aromatic carbocycles. The van der Waals surface area contributed by atoms with E-state index in [0.717, 1.165) is 16.9 Å². The Balaban J connectivity index is 1.80. The molecule has 1 N–H and O–H groups in total. The minimum absolute atomic E-state index is 0.0892. The van der Waals surface area contributed by atoms with E-state index in [1.54, 1.807) is 4.90 Å². The highest BCUT2D eigenvalue weighted by Crippen LogP contribution is 2.24. The van der Waals surface area contributed by atoms with E-state index < -0.39 is 0 Å². The number of carbonyl (C=O) groups is 1. The molecule has 0 fully saturated rings. The minimum Gasteiger partial charge on any atom is -0.308 e. The Morgan fingerprint density at radius 2 is 1.37 bits per heavy atom. The van der Waals surface area contributed by atoms with Crippen molar-refractivity contribution in [2.75, 3.05) is 10.2 Å². The van der Waals surface area contributed by atoms with Crippen LogP contribution in [0.3, 0.4) is 0 Å². The zero-order chi connectivity index (χ0) is 19.3. The summed E-state index contributed by atoms with van der Waals surface area (Å²) in [5, 5.41) is 3.03. The fraction of sp³-hybridized carbons (Fsp3) is 0.208. The average Bonchev–Trinajstić information content (AvgIpc) is 2.67. The number of hydrogen-bond acceptors (Lipinski definition) is 1. The Bertz CT molecular complexity index is 866. The standard InChI is InChI=1S/C24H26N2O/c1-24(2,3)20-14-16-21(17-15-20)25-23(27)26(22-12-8-5-9-13-22)18-19-10-6-4-7-11-19/h4-17H,18H2,1-3H3,(H,25,27). The topological polar surface area (TPSA) is 32.3 Å². The molecule has 0 atom stereocenters. The molecule has 138 valence electrons. The summed E-state index contributed by atoms with van der Waals surface area (Å²) in [6.07, 6.45) is 0. The molecule has 27 heavy (non-hydrogen) atoms. The number of nitrogens with one attached hydrogen (secondary N) is 1. The van der Waals surface area contributed by atoms with E-state index in [1.807, 2.05) is 72.8 Å². The second-order valence-electron chi connectivity index (χ2n) is 7.66. The maximum atomic E-state index is 13.0. The number of urea groups is 1. The molecule has 3 heteroatoms. The Labute approximate surface area is 161 Å². The summed E-state index contributed by atoms with van der Waals surface area (Å²) >= 11 is 0. The molecule has 3 aromatic rings. The first kappa shape index (κ1) is 18.7. The van der Waals surface area contributed by atoms with Gasteiger partial charge in [-0.25, -0.2) is 4.79 Å². The van der Waals surface area contributed by atoms with Gasteiger partial charge < -0.3 is 5.32 Å². The summed E-state index contributed by atoms with van der Waals surface area (Å²) in [5.41, 5.74) is 4.07. The van der Waals surface area contributed by atoms with Crippen molar-refractivity contribution in [1.29, 1.82) is 0 Å². The fourth-order valence-corrected chi connectivity index (χ4v) is 2.90. The van der Waals surface area contributed by atoms with Gasteiger partial charge in [0.2, 0.25) is 0 Å². The zero-order valence-electron chi connectivity index (χ0n) is 16.1. The highest BCUT2D eigenvalue weighted by atomic mass is 16.2. The molecule has 0 heterocycles.